The summed E-state index contributed by atoms with van der Waals surface area (Å²) in [6, 6.07) is 16.0. The number of nitrogens with zero attached hydrogens (tertiary/aromatic N) is 3. The van der Waals surface area contributed by atoms with Crippen molar-refractivity contribution in [3.63, 3.8) is 0 Å². The Hall–Kier alpha value is -2.51. The lowest BCUT2D eigenvalue weighted by Gasteiger charge is -2.16. The number of aromatic nitrogens is 2. The minimum absolute atomic E-state index is 0.287. The van der Waals surface area contributed by atoms with Crippen molar-refractivity contribution in [3.05, 3.63) is 76.7 Å². The van der Waals surface area contributed by atoms with Crippen molar-refractivity contribution in [2.45, 2.75) is 26.2 Å². The van der Waals surface area contributed by atoms with E-state index in [1.54, 1.807) is 16.8 Å². The molecule has 0 amide bonds. The van der Waals surface area contributed by atoms with Gasteiger partial charge in [0.15, 0.2) is 6.10 Å². The molecule has 5 nitrogen and oxygen atoms in total. The van der Waals surface area contributed by atoms with Crippen molar-refractivity contribution in [1.29, 1.82) is 0 Å². The van der Waals surface area contributed by atoms with Crippen LogP contribution in [-0.4, -0.2) is 21.7 Å². The normalized spacial score (nSPS) is 12.3. The molecule has 0 saturated heterocycles. The Balaban J connectivity index is 1.64. The highest BCUT2D eigenvalue weighted by Gasteiger charge is 2.16. The molecule has 0 fully saturated rings. The van der Waals surface area contributed by atoms with Gasteiger partial charge in [-0.2, -0.15) is 0 Å². The van der Waals surface area contributed by atoms with E-state index in [1.165, 1.54) is 17.7 Å². The Labute approximate surface area is 156 Å². The van der Waals surface area contributed by atoms with Crippen LogP contribution in [0.15, 0.2) is 59.0 Å². The number of benzene rings is 2. The fourth-order valence-corrected chi connectivity index (χ4v) is 2.70. The number of halogens is 1. The summed E-state index contributed by atoms with van der Waals surface area (Å²) in [6.45, 7) is 3.08. The molecule has 1 atom stereocenters. The third-order valence-corrected chi connectivity index (χ3v) is 4.06. The van der Waals surface area contributed by atoms with Gasteiger partial charge in [-0.1, -0.05) is 30.3 Å². The highest BCUT2D eigenvalue weighted by atomic mass is 32.1. The van der Waals surface area contributed by atoms with E-state index in [1.807, 2.05) is 32.2 Å². The molecule has 0 aliphatic rings. The maximum Gasteiger partial charge on any atom is 0.288 e. The second-order valence-electron chi connectivity index (χ2n) is 6.06. The smallest absolute Gasteiger partial charge is 0.288 e. The first-order chi connectivity index (χ1) is 12.5. The van der Waals surface area contributed by atoms with Crippen LogP contribution >= 0.6 is 12.2 Å². The molecule has 26 heavy (non-hydrogen) atoms. The summed E-state index contributed by atoms with van der Waals surface area (Å²) in [5.41, 5.74) is 1.21. The fraction of sp³-hybridized carbons (Fsp3) is 0.263. The molecule has 0 N–H and O–H groups in total. The lowest BCUT2D eigenvalue weighted by molar-refractivity contribution is 0.187. The van der Waals surface area contributed by atoms with E-state index < -0.39 is 6.10 Å². The lowest BCUT2D eigenvalue weighted by atomic mass is 10.2. The molecule has 0 aliphatic heterocycles. The molecule has 3 rings (SSSR count). The van der Waals surface area contributed by atoms with E-state index in [0.717, 1.165) is 6.54 Å². The molecule has 0 saturated carbocycles. The Kier molecular flexibility index (Phi) is 5.80. The van der Waals surface area contributed by atoms with Crippen molar-refractivity contribution < 1.29 is 13.5 Å². The van der Waals surface area contributed by atoms with Gasteiger partial charge < -0.3 is 9.15 Å². The van der Waals surface area contributed by atoms with Gasteiger partial charge in [0.2, 0.25) is 0 Å². The Morgan fingerprint density at radius 3 is 2.58 bits per heavy atom. The van der Waals surface area contributed by atoms with Crippen LogP contribution in [0.3, 0.4) is 0 Å². The molecule has 1 aromatic heterocycles. The zero-order chi connectivity index (χ0) is 18.5. The summed E-state index contributed by atoms with van der Waals surface area (Å²) in [5.74, 6) is 0.608. The Bertz CT molecular complexity index is 893. The zero-order valence-electron chi connectivity index (χ0n) is 14.6. The first-order valence-electron chi connectivity index (χ1n) is 8.24. The maximum atomic E-state index is 13.0. The summed E-state index contributed by atoms with van der Waals surface area (Å²) in [6.07, 6.45) is -0.442. The van der Waals surface area contributed by atoms with Crippen molar-refractivity contribution in [3.8, 4) is 5.75 Å². The fourth-order valence-electron chi connectivity index (χ4n) is 2.52. The van der Waals surface area contributed by atoms with Gasteiger partial charge in [0.1, 0.15) is 11.6 Å². The lowest BCUT2D eigenvalue weighted by Crippen LogP contribution is -2.22. The van der Waals surface area contributed by atoms with Crippen LogP contribution in [0.5, 0.6) is 5.75 Å². The third kappa shape index (κ3) is 4.77. The number of ether oxygens (including phenoxy) is 1. The highest BCUT2D eigenvalue weighted by molar-refractivity contribution is 7.71. The monoisotopic (exact) mass is 373 g/mol. The summed E-state index contributed by atoms with van der Waals surface area (Å²) in [4.78, 5) is 2.37. The predicted octanol–water partition coefficient (Wildman–Crippen LogP) is 4.57. The number of hydrogen-bond acceptors (Lipinski definition) is 5. The molecule has 1 heterocycles. The van der Waals surface area contributed by atoms with Gasteiger partial charge in [-0.15, -0.1) is 5.10 Å². The van der Waals surface area contributed by atoms with Gasteiger partial charge in [0, 0.05) is 6.54 Å². The third-order valence-electron chi connectivity index (χ3n) is 3.77. The van der Waals surface area contributed by atoms with Crippen LogP contribution in [0.2, 0.25) is 0 Å². The molecular formula is C19H20FN3O2S. The van der Waals surface area contributed by atoms with Crippen molar-refractivity contribution in [2.24, 2.45) is 0 Å². The maximum absolute atomic E-state index is 13.0. The van der Waals surface area contributed by atoms with Crippen LogP contribution < -0.4 is 4.74 Å². The van der Waals surface area contributed by atoms with E-state index in [2.05, 4.69) is 22.1 Å². The average Bonchev–Trinajstić information content (AvgIpc) is 2.98. The zero-order valence-corrected chi connectivity index (χ0v) is 15.4. The molecule has 0 aliphatic carbocycles. The van der Waals surface area contributed by atoms with Crippen LogP contribution in [0.4, 0.5) is 4.39 Å². The van der Waals surface area contributed by atoms with Gasteiger partial charge in [0.25, 0.3) is 10.7 Å². The molecule has 0 spiro atoms. The highest BCUT2D eigenvalue weighted by Crippen LogP contribution is 2.21. The van der Waals surface area contributed by atoms with Crippen molar-refractivity contribution in [1.82, 2.24) is 14.7 Å². The molecule has 0 radical (unpaired) electrons. The van der Waals surface area contributed by atoms with Crippen molar-refractivity contribution in [2.75, 3.05) is 7.05 Å². The first kappa shape index (κ1) is 18.3. The molecule has 7 heteroatoms. The average molecular weight is 373 g/mol. The number of hydrogen-bond donors (Lipinski definition) is 0. The second kappa shape index (κ2) is 8.25. The minimum atomic E-state index is -0.442. The summed E-state index contributed by atoms with van der Waals surface area (Å²) in [7, 11) is 1.99. The summed E-state index contributed by atoms with van der Waals surface area (Å²) >= 11 is 5.26. The number of rotatable bonds is 7. The minimum Gasteiger partial charge on any atom is -0.481 e. The summed E-state index contributed by atoms with van der Waals surface area (Å²) in [5, 5.41) is 4.41. The molecule has 2 aromatic carbocycles. The molecule has 0 unspecified atom stereocenters. The SMILES string of the molecule is C[C@@H](Oc1ccc(F)cc1)c1nn(CN(C)Cc2ccccc2)c(=S)o1. The van der Waals surface area contributed by atoms with E-state index in [4.69, 9.17) is 21.4 Å². The molecular weight excluding hydrogens is 353 g/mol. The Morgan fingerprint density at radius 1 is 1.19 bits per heavy atom. The Morgan fingerprint density at radius 2 is 1.88 bits per heavy atom. The van der Waals surface area contributed by atoms with E-state index in [0.29, 0.717) is 18.3 Å². The largest absolute Gasteiger partial charge is 0.481 e. The summed E-state index contributed by atoms with van der Waals surface area (Å²) < 4.78 is 25.9. The second-order valence-corrected chi connectivity index (χ2v) is 6.41. The van der Waals surface area contributed by atoms with Gasteiger partial charge in [-0.05, 0) is 56.0 Å². The molecule has 136 valence electrons. The van der Waals surface area contributed by atoms with Gasteiger partial charge in [-0.3, -0.25) is 4.90 Å². The van der Waals surface area contributed by atoms with Gasteiger partial charge in [0.05, 0.1) is 6.67 Å². The van der Waals surface area contributed by atoms with Gasteiger partial charge in [-0.25, -0.2) is 9.07 Å². The van der Waals surface area contributed by atoms with Crippen LogP contribution in [-0.2, 0) is 13.2 Å². The molecule has 3 aromatic rings. The topological polar surface area (TPSA) is 43.4 Å². The van der Waals surface area contributed by atoms with E-state index in [9.17, 15) is 4.39 Å². The van der Waals surface area contributed by atoms with Crippen LogP contribution in [0.1, 0.15) is 24.5 Å². The first-order valence-corrected chi connectivity index (χ1v) is 8.64. The molecule has 0 bridgehead atoms. The van der Waals surface area contributed by atoms with E-state index >= 15 is 0 Å². The van der Waals surface area contributed by atoms with Gasteiger partial charge >= 0.3 is 0 Å². The van der Waals surface area contributed by atoms with Crippen LogP contribution in [0.25, 0.3) is 0 Å². The standard InChI is InChI=1S/C19H20FN3O2S/c1-14(24-17-10-8-16(20)9-11-17)18-21-23(19(26)25-18)13-22(2)12-15-6-4-3-5-7-15/h3-11,14H,12-13H2,1-2H3/t14-/m1/s1. The van der Waals surface area contributed by atoms with Crippen LogP contribution in [0, 0.1) is 10.7 Å². The quantitative estimate of drug-likeness (QED) is 0.568. The van der Waals surface area contributed by atoms with Crippen molar-refractivity contribution >= 4 is 12.2 Å². The van der Waals surface area contributed by atoms with E-state index in [-0.39, 0.29) is 10.7 Å². The predicted molar refractivity (Wildman–Crippen MR) is 98.7 cm³/mol.